The fourth-order valence-corrected chi connectivity index (χ4v) is 9.14. The van der Waals surface area contributed by atoms with Crippen LogP contribution in [0.3, 0.4) is 0 Å². The Balaban J connectivity index is 1.32. The molecule has 3 aliphatic heterocycles. The zero-order valence-corrected chi connectivity index (χ0v) is 23.4. The van der Waals surface area contributed by atoms with Gasteiger partial charge >= 0.3 is 0 Å². The van der Waals surface area contributed by atoms with Crippen molar-refractivity contribution in [2.45, 2.75) is 61.9 Å². The van der Waals surface area contributed by atoms with E-state index in [0.29, 0.717) is 18.5 Å². The van der Waals surface area contributed by atoms with Gasteiger partial charge in [0.2, 0.25) is 17.7 Å². The SMILES string of the molecule is CC(C)C[C@H](CO)N1C(=O)[C@@H]2[C@@H](C(=O)Nc3ccccc3)[C@H]3CCC2(S3)C1C(=O)NCn1nnc2ccccc21. The molecule has 3 aliphatic rings. The van der Waals surface area contributed by atoms with Crippen LogP contribution in [-0.4, -0.2) is 71.4 Å². The maximum Gasteiger partial charge on any atom is 0.245 e. The van der Waals surface area contributed by atoms with E-state index in [4.69, 9.17) is 0 Å². The third-order valence-corrected chi connectivity index (χ3v) is 10.5. The zero-order chi connectivity index (χ0) is 28.0. The van der Waals surface area contributed by atoms with Gasteiger partial charge < -0.3 is 20.6 Å². The normalized spacial score (nSPS) is 27.8. The van der Waals surface area contributed by atoms with Crippen LogP contribution in [0.2, 0.25) is 0 Å². The molecule has 0 saturated carbocycles. The fraction of sp³-hybridized carbons (Fsp3) is 0.483. The molecule has 3 aromatic rings. The number of anilines is 1. The number of benzene rings is 2. The summed E-state index contributed by atoms with van der Waals surface area (Å²) >= 11 is 1.61. The third kappa shape index (κ3) is 4.35. The lowest BCUT2D eigenvalue weighted by molar-refractivity contribution is -0.142. The molecule has 2 bridgehead atoms. The molecule has 40 heavy (non-hydrogen) atoms. The van der Waals surface area contributed by atoms with Gasteiger partial charge in [-0.15, -0.1) is 16.9 Å². The summed E-state index contributed by atoms with van der Waals surface area (Å²) in [5, 5.41) is 24.7. The molecule has 10 nitrogen and oxygen atoms in total. The van der Waals surface area contributed by atoms with Crippen LogP contribution in [-0.2, 0) is 21.1 Å². The van der Waals surface area contributed by atoms with E-state index in [1.165, 1.54) is 0 Å². The fourth-order valence-electron chi connectivity index (χ4n) is 6.94. The summed E-state index contributed by atoms with van der Waals surface area (Å²) in [7, 11) is 0. The maximum absolute atomic E-state index is 14.3. The number of carbonyl (C=O) groups excluding carboxylic acids is 3. The van der Waals surface area contributed by atoms with E-state index < -0.39 is 28.7 Å². The third-order valence-electron chi connectivity index (χ3n) is 8.50. The van der Waals surface area contributed by atoms with E-state index >= 15 is 0 Å². The molecule has 0 radical (unpaired) electrons. The van der Waals surface area contributed by atoms with Crippen LogP contribution >= 0.6 is 11.8 Å². The van der Waals surface area contributed by atoms with Gasteiger partial charge in [-0.2, -0.15) is 0 Å². The second-order valence-corrected chi connectivity index (χ2v) is 13.0. The van der Waals surface area contributed by atoms with Crippen LogP contribution in [0.5, 0.6) is 0 Å². The van der Waals surface area contributed by atoms with E-state index in [2.05, 4.69) is 20.9 Å². The Hall–Kier alpha value is -3.44. The average Bonchev–Trinajstić information content (AvgIpc) is 3.70. The molecule has 1 aromatic heterocycles. The predicted octanol–water partition coefficient (Wildman–Crippen LogP) is 2.64. The lowest BCUT2D eigenvalue weighted by Gasteiger charge is -2.37. The second kappa shape index (κ2) is 10.5. The minimum atomic E-state index is -0.805. The Morgan fingerprint density at radius 2 is 1.88 bits per heavy atom. The number of rotatable bonds is 9. The highest BCUT2D eigenvalue weighted by Gasteiger charge is 2.74. The van der Waals surface area contributed by atoms with Gasteiger partial charge in [-0.05, 0) is 49.4 Å². The molecule has 3 N–H and O–H groups in total. The molecule has 3 amide bonds. The number of nitrogens with one attached hydrogen (secondary N) is 2. The Morgan fingerprint density at radius 1 is 1.12 bits per heavy atom. The molecule has 210 valence electrons. The lowest BCUT2D eigenvalue weighted by atomic mass is 9.70. The highest BCUT2D eigenvalue weighted by atomic mass is 32.2. The number of amides is 3. The van der Waals surface area contributed by atoms with Gasteiger partial charge in [-0.25, -0.2) is 4.68 Å². The number of hydrogen-bond acceptors (Lipinski definition) is 7. The van der Waals surface area contributed by atoms with Crippen LogP contribution in [0.1, 0.15) is 33.1 Å². The van der Waals surface area contributed by atoms with Crippen molar-refractivity contribution in [2.24, 2.45) is 17.8 Å². The van der Waals surface area contributed by atoms with Crippen LogP contribution < -0.4 is 10.6 Å². The van der Waals surface area contributed by atoms with Gasteiger partial charge in [0.05, 0.1) is 34.7 Å². The van der Waals surface area contributed by atoms with Crippen molar-refractivity contribution in [2.75, 3.05) is 11.9 Å². The number of aliphatic hydroxyl groups excluding tert-OH is 1. The summed E-state index contributed by atoms with van der Waals surface area (Å²) in [5.41, 5.74) is 2.20. The molecule has 2 unspecified atom stereocenters. The number of para-hydroxylation sites is 2. The van der Waals surface area contributed by atoms with Crippen molar-refractivity contribution >= 4 is 46.2 Å². The van der Waals surface area contributed by atoms with E-state index in [0.717, 1.165) is 17.5 Å². The Kier molecular flexibility index (Phi) is 7.03. The van der Waals surface area contributed by atoms with Crippen molar-refractivity contribution in [1.29, 1.82) is 0 Å². The predicted molar refractivity (Wildman–Crippen MR) is 152 cm³/mol. The smallest absolute Gasteiger partial charge is 0.245 e. The quantitative estimate of drug-likeness (QED) is 0.366. The molecule has 0 aliphatic carbocycles. The van der Waals surface area contributed by atoms with Crippen LogP contribution in [0.4, 0.5) is 5.69 Å². The van der Waals surface area contributed by atoms with Crippen molar-refractivity contribution in [3.8, 4) is 0 Å². The summed E-state index contributed by atoms with van der Waals surface area (Å²) in [6.07, 6.45) is 1.96. The minimum Gasteiger partial charge on any atom is -0.394 e. The van der Waals surface area contributed by atoms with E-state index in [-0.39, 0.29) is 42.2 Å². The summed E-state index contributed by atoms with van der Waals surface area (Å²) in [6, 6.07) is 15.4. The topological polar surface area (TPSA) is 129 Å². The van der Waals surface area contributed by atoms with Gasteiger partial charge in [0, 0.05) is 10.9 Å². The maximum atomic E-state index is 14.3. The number of hydrogen-bond donors (Lipinski definition) is 3. The van der Waals surface area contributed by atoms with E-state index in [9.17, 15) is 19.5 Å². The molecule has 6 rings (SSSR count). The Morgan fingerprint density at radius 3 is 2.62 bits per heavy atom. The van der Waals surface area contributed by atoms with Gasteiger partial charge in [0.25, 0.3) is 0 Å². The first-order chi connectivity index (χ1) is 19.3. The van der Waals surface area contributed by atoms with E-state index in [1.54, 1.807) is 21.3 Å². The molecule has 3 saturated heterocycles. The number of fused-ring (bicyclic) bond motifs is 2. The van der Waals surface area contributed by atoms with Crippen molar-refractivity contribution in [3.63, 3.8) is 0 Å². The zero-order valence-electron chi connectivity index (χ0n) is 22.6. The van der Waals surface area contributed by atoms with Crippen LogP contribution in [0, 0.1) is 17.8 Å². The highest BCUT2D eigenvalue weighted by molar-refractivity contribution is 8.02. The number of carbonyl (C=O) groups is 3. The molecule has 3 fully saturated rings. The molecule has 4 heterocycles. The summed E-state index contributed by atoms with van der Waals surface area (Å²) in [5.74, 6) is -1.69. The Bertz CT molecular complexity index is 1430. The number of aliphatic hydroxyl groups is 1. The van der Waals surface area contributed by atoms with Crippen molar-refractivity contribution in [1.82, 2.24) is 25.2 Å². The minimum absolute atomic E-state index is 0.0490. The van der Waals surface area contributed by atoms with Gasteiger partial charge in [-0.3, -0.25) is 14.4 Å². The average molecular weight is 563 g/mol. The summed E-state index contributed by atoms with van der Waals surface area (Å²) in [4.78, 5) is 43.6. The first-order valence-electron chi connectivity index (χ1n) is 13.9. The van der Waals surface area contributed by atoms with E-state index in [1.807, 2.05) is 68.4 Å². The number of likely N-dealkylation sites (tertiary alicyclic amines) is 1. The van der Waals surface area contributed by atoms with Crippen LogP contribution in [0.25, 0.3) is 11.0 Å². The largest absolute Gasteiger partial charge is 0.394 e. The monoisotopic (exact) mass is 562 g/mol. The summed E-state index contributed by atoms with van der Waals surface area (Å²) in [6.45, 7) is 3.91. The molecule has 1 spiro atoms. The molecule has 6 atom stereocenters. The molecule has 2 aromatic carbocycles. The Labute approximate surface area is 236 Å². The number of thioether (sulfide) groups is 1. The first-order valence-corrected chi connectivity index (χ1v) is 14.7. The number of nitrogens with zero attached hydrogens (tertiary/aromatic N) is 4. The summed E-state index contributed by atoms with van der Waals surface area (Å²) < 4.78 is 0.885. The molecular weight excluding hydrogens is 528 g/mol. The van der Waals surface area contributed by atoms with Crippen LogP contribution in [0.15, 0.2) is 54.6 Å². The standard InChI is InChI=1S/C29H34N6O4S/c1-17(2)14-19(15-36)35-25(27(38)30-16-34-21-11-7-6-10-20(21)32-33-34)29-13-12-22(40-29)23(24(29)28(35)39)26(37)31-18-8-4-3-5-9-18/h3-11,17,19,22-25,36H,12-16H2,1-2H3,(H,30,38)(H,31,37)/t19-,22-,23+,24+,25?,29?/m1/s1. The lowest BCUT2D eigenvalue weighted by Crippen LogP contribution is -2.56. The van der Waals surface area contributed by atoms with Gasteiger partial charge in [0.15, 0.2) is 0 Å². The molecule has 11 heteroatoms. The van der Waals surface area contributed by atoms with Gasteiger partial charge in [-0.1, -0.05) is 49.4 Å². The van der Waals surface area contributed by atoms with Gasteiger partial charge in [0.1, 0.15) is 18.2 Å². The molecular formula is C29H34N6O4S. The second-order valence-electron chi connectivity index (χ2n) is 11.4. The highest BCUT2D eigenvalue weighted by Crippen LogP contribution is 2.66. The number of aromatic nitrogens is 3. The van der Waals surface area contributed by atoms with Crippen molar-refractivity contribution in [3.05, 3.63) is 54.6 Å². The first kappa shape index (κ1) is 26.8. The van der Waals surface area contributed by atoms with Crippen molar-refractivity contribution < 1.29 is 19.5 Å².